The number of aromatic amines is 1. The van der Waals surface area contributed by atoms with E-state index in [0.29, 0.717) is 22.8 Å². The van der Waals surface area contributed by atoms with Crippen LogP contribution in [0.1, 0.15) is 19.8 Å². The van der Waals surface area contributed by atoms with E-state index < -0.39 is 0 Å². The molecule has 0 radical (unpaired) electrons. The first-order valence-electron chi connectivity index (χ1n) is 6.35. The van der Waals surface area contributed by atoms with Gasteiger partial charge in [0.2, 0.25) is 5.95 Å². The van der Waals surface area contributed by atoms with Crippen molar-refractivity contribution in [2.45, 2.75) is 31.8 Å². The zero-order chi connectivity index (χ0) is 13.4. The third-order valence-corrected chi connectivity index (χ3v) is 3.79. The standard InChI is InChI=1S/C12H16ClN5O/c1-7-8(14)3-2-6-18(7)12-15-11(16-17-12)9-4-5-10(13)19-9/h4-5,7-8H,2-3,6,14H2,1H3,(H,15,16,17). The van der Waals surface area contributed by atoms with Crippen LogP contribution in [0.2, 0.25) is 5.22 Å². The number of H-pyrrole nitrogens is 1. The van der Waals surface area contributed by atoms with Crippen LogP contribution in [-0.2, 0) is 0 Å². The SMILES string of the molecule is CC1C(N)CCCN1c1n[nH]c(-c2ccc(Cl)o2)n1. The van der Waals surface area contributed by atoms with E-state index in [-0.39, 0.29) is 12.1 Å². The largest absolute Gasteiger partial charge is 0.441 e. The molecule has 1 fully saturated rings. The van der Waals surface area contributed by atoms with Crippen LogP contribution in [0.5, 0.6) is 0 Å². The Labute approximate surface area is 115 Å². The van der Waals surface area contributed by atoms with Gasteiger partial charge in [-0.2, -0.15) is 4.98 Å². The number of hydrogen-bond donors (Lipinski definition) is 2. The Kier molecular flexibility index (Phi) is 3.20. The van der Waals surface area contributed by atoms with Gasteiger partial charge in [0, 0.05) is 18.6 Å². The minimum atomic E-state index is 0.161. The molecule has 0 spiro atoms. The van der Waals surface area contributed by atoms with Crippen molar-refractivity contribution < 1.29 is 4.42 Å². The van der Waals surface area contributed by atoms with Crippen molar-refractivity contribution in [3.05, 3.63) is 17.4 Å². The lowest BCUT2D eigenvalue weighted by molar-refractivity contribution is 0.416. The van der Waals surface area contributed by atoms with Gasteiger partial charge in [-0.05, 0) is 43.5 Å². The third kappa shape index (κ3) is 2.33. The fourth-order valence-corrected chi connectivity index (χ4v) is 2.53. The van der Waals surface area contributed by atoms with E-state index in [1.807, 2.05) is 0 Å². The lowest BCUT2D eigenvalue weighted by atomic mass is 9.99. The van der Waals surface area contributed by atoms with Gasteiger partial charge in [0.05, 0.1) is 0 Å². The summed E-state index contributed by atoms with van der Waals surface area (Å²) >= 11 is 5.75. The summed E-state index contributed by atoms with van der Waals surface area (Å²) in [5, 5.41) is 7.45. The third-order valence-electron chi connectivity index (χ3n) is 3.58. The van der Waals surface area contributed by atoms with E-state index in [1.165, 1.54) is 0 Å². The van der Waals surface area contributed by atoms with Gasteiger partial charge < -0.3 is 15.1 Å². The Morgan fingerprint density at radius 1 is 1.53 bits per heavy atom. The molecule has 3 rings (SSSR count). The number of nitrogens with one attached hydrogen (secondary N) is 1. The van der Waals surface area contributed by atoms with Gasteiger partial charge in [-0.1, -0.05) is 0 Å². The highest BCUT2D eigenvalue weighted by atomic mass is 35.5. The molecule has 2 aromatic heterocycles. The van der Waals surface area contributed by atoms with Crippen LogP contribution in [0.3, 0.4) is 0 Å². The molecular weight excluding hydrogens is 266 g/mol. The van der Waals surface area contributed by atoms with Crippen LogP contribution in [0.25, 0.3) is 11.6 Å². The van der Waals surface area contributed by atoms with Gasteiger partial charge in [-0.3, -0.25) is 5.10 Å². The lowest BCUT2D eigenvalue weighted by Crippen LogP contribution is -2.50. The Balaban J connectivity index is 1.84. The summed E-state index contributed by atoms with van der Waals surface area (Å²) in [6.45, 7) is 3.02. The molecule has 2 atom stereocenters. The summed E-state index contributed by atoms with van der Waals surface area (Å²) in [6, 6.07) is 3.84. The maximum atomic E-state index is 6.08. The summed E-state index contributed by atoms with van der Waals surface area (Å²) in [4.78, 5) is 6.58. The first-order valence-corrected chi connectivity index (χ1v) is 6.73. The number of nitrogens with two attached hydrogens (primary N) is 1. The Morgan fingerprint density at radius 3 is 3.11 bits per heavy atom. The van der Waals surface area contributed by atoms with Crippen LogP contribution >= 0.6 is 11.6 Å². The molecule has 1 aliphatic heterocycles. The molecular formula is C12H16ClN5O. The molecule has 0 amide bonds. The van der Waals surface area contributed by atoms with Crippen LogP contribution in [0.4, 0.5) is 5.95 Å². The first kappa shape index (κ1) is 12.5. The monoisotopic (exact) mass is 281 g/mol. The van der Waals surface area contributed by atoms with Crippen LogP contribution < -0.4 is 10.6 Å². The van der Waals surface area contributed by atoms with Gasteiger partial charge in [0.1, 0.15) is 0 Å². The second kappa shape index (κ2) is 4.86. The predicted molar refractivity (Wildman–Crippen MR) is 73.1 cm³/mol. The minimum absolute atomic E-state index is 0.161. The van der Waals surface area contributed by atoms with Crippen molar-refractivity contribution in [3.8, 4) is 11.6 Å². The normalized spacial score (nSPS) is 23.8. The van der Waals surface area contributed by atoms with E-state index in [1.54, 1.807) is 12.1 Å². The molecule has 6 nitrogen and oxygen atoms in total. The van der Waals surface area contributed by atoms with Gasteiger partial charge in [0.15, 0.2) is 16.8 Å². The molecule has 0 saturated carbocycles. The van der Waals surface area contributed by atoms with E-state index >= 15 is 0 Å². The molecule has 19 heavy (non-hydrogen) atoms. The smallest absolute Gasteiger partial charge is 0.245 e. The predicted octanol–water partition coefficient (Wildman–Crippen LogP) is 2.03. The maximum Gasteiger partial charge on any atom is 0.245 e. The topological polar surface area (TPSA) is 84.0 Å². The van der Waals surface area contributed by atoms with Crippen LogP contribution in [-0.4, -0.2) is 33.8 Å². The second-order valence-electron chi connectivity index (χ2n) is 4.83. The molecule has 1 saturated heterocycles. The van der Waals surface area contributed by atoms with Gasteiger partial charge >= 0.3 is 0 Å². The fraction of sp³-hybridized carbons (Fsp3) is 0.500. The molecule has 2 aromatic rings. The van der Waals surface area contributed by atoms with E-state index in [4.69, 9.17) is 21.8 Å². The Hall–Kier alpha value is -1.53. The van der Waals surface area contributed by atoms with Crippen molar-refractivity contribution in [1.82, 2.24) is 15.2 Å². The Bertz CT molecular complexity index is 566. The summed E-state index contributed by atoms with van der Waals surface area (Å²) in [7, 11) is 0. The summed E-state index contributed by atoms with van der Waals surface area (Å²) in [6.07, 6.45) is 2.10. The molecule has 7 heteroatoms. The fourth-order valence-electron chi connectivity index (χ4n) is 2.39. The van der Waals surface area contributed by atoms with Gasteiger partial charge in [-0.15, -0.1) is 5.10 Å². The zero-order valence-corrected chi connectivity index (χ0v) is 11.4. The maximum absolute atomic E-state index is 6.08. The van der Waals surface area contributed by atoms with Crippen molar-refractivity contribution in [2.75, 3.05) is 11.4 Å². The van der Waals surface area contributed by atoms with Crippen molar-refractivity contribution in [2.24, 2.45) is 5.73 Å². The zero-order valence-electron chi connectivity index (χ0n) is 10.6. The average Bonchev–Trinajstić information content (AvgIpc) is 3.01. The number of furan rings is 1. The van der Waals surface area contributed by atoms with Gasteiger partial charge in [0.25, 0.3) is 0 Å². The van der Waals surface area contributed by atoms with E-state index in [0.717, 1.165) is 19.4 Å². The molecule has 3 heterocycles. The highest BCUT2D eigenvalue weighted by molar-refractivity contribution is 6.28. The number of piperidine rings is 1. The molecule has 102 valence electrons. The molecule has 1 aliphatic rings. The Morgan fingerprint density at radius 2 is 2.37 bits per heavy atom. The van der Waals surface area contributed by atoms with E-state index in [2.05, 4.69) is 27.0 Å². The molecule has 2 unspecified atom stereocenters. The number of hydrogen-bond acceptors (Lipinski definition) is 5. The minimum Gasteiger partial charge on any atom is -0.441 e. The van der Waals surface area contributed by atoms with Crippen LogP contribution in [0.15, 0.2) is 16.5 Å². The van der Waals surface area contributed by atoms with Crippen molar-refractivity contribution in [3.63, 3.8) is 0 Å². The number of anilines is 1. The first-order chi connectivity index (χ1) is 9.15. The van der Waals surface area contributed by atoms with Gasteiger partial charge in [-0.25, -0.2) is 0 Å². The lowest BCUT2D eigenvalue weighted by Gasteiger charge is -2.36. The number of aromatic nitrogens is 3. The molecule has 3 N–H and O–H groups in total. The molecule has 0 aromatic carbocycles. The number of halogens is 1. The van der Waals surface area contributed by atoms with E-state index in [9.17, 15) is 0 Å². The number of rotatable bonds is 2. The summed E-state index contributed by atoms with van der Waals surface area (Å²) < 4.78 is 5.31. The average molecular weight is 282 g/mol. The second-order valence-corrected chi connectivity index (χ2v) is 5.20. The number of nitrogens with zero attached hydrogens (tertiary/aromatic N) is 3. The van der Waals surface area contributed by atoms with Crippen LogP contribution in [0, 0.1) is 0 Å². The highest BCUT2D eigenvalue weighted by Gasteiger charge is 2.28. The van der Waals surface area contributed by atoms with Crippen molar-refractivity contribution >= 4 is 17.5 Å². The summed E-state index contributed by atoms with van der Waals surface area (Å²) in [5.74, 6) is 1.82. The molecule has 0 aliphatic carbocycles. The van der Waals surface area contributed by atoms with Crippen molar-refractivity contribution in [1.29, 1.82) is 0 Å². The summed E-state index contributed by atoms with van der Waals surface area (Å²) in [5.41, 5.74) is 6.08. The highest BCUT2D eigenvalue weighted by Crippen LogP contribution is 2.25. The molecule has 0 bridgehead atoms. The quantitative estimate of drug-likeness (QED) is 0.880.